The van der Waals surface area contributed by atoms with Gasteiger partial charge in [-0.25, -0.2) is 8.78 Å². The molecule has 2 nitrogen and oxygen atoms in total. The largest absolute Gasteiger partial charge is 0.395 e. The highest BCUT2D eigenvalue weighted by atomic mass is 19.1. The van der Waals surface area contributed by atoms with E-state index in [2.05, 4.69) is 4.90 Å². The first-order chi connectivity index (χ1) is 8.69. The molecule has 0 atom stereocenters. The van der Waals surface area contributed by atoms with E-state index in [4.69, 9.17) is 5.11 Å². The number of nitrogens with zero attached hydrogens (tertiary/aromatic N) is 1. The Bertz CT molecular complexity index is 371. The molecule has 1 N–H and O–H groups in total. The Labute approximate surface area is 106 Å². The maximum absolute atomic E-state index is 13.1. The monoisotopic (exact) mass is 255 g/mol. The van der Waals surface area contributed by atoms with Gasteiger partial charge in [0.2, 0.25) is 0 Å². The third kappa shape index (κ3) is 3.50. The van der Waals surface area contributed by atoms with Crippen LogP contribution in [0.4, 0.5) is 8.78 Å². The molecule has 0 radical (unpaired) electrons. The Balaban J connectivity index is 2.07. The van der Waals surface area contributed by atoms with Crippen LogP contribution < -0.4 is 0 Å². The van der Waals surface area contributed by atoms with Gasteiger partial charge >= 0.3 is 0 Å². The summed E-state index contributed by atoms with van der Waals surface area (Å²) in [7, 11) is 0. The van der Waals surface area contributed by atoms with E-state index >= 15 is 0 Å². The first-order valence-corrected chi connectivity index (χ1v) is 6.49. The molecule has 1 saturated carbocycles. The first-order valence-electron chi connectivity index (χ1n) is 6.49. The molecule has 0 heterocycles. The van der Waals surface area contributed by atoms with Crippen molar-refractivity contribution >= 4 is 0 Å². The number of benzene rings is 1. The second kappa shape index (κ2) is 6.25. The van der Waals surface area contributed by atoms with Gasteiger partial charge in [0.25, 0.3) is 0 Å². The zero-order valence-electron chi connectivity index (χ0n) is 10.4. The van der Waals surface area contributed by atoms with E-state index in [1.54, 1.807) is 0 Å². The minimum Gasteiger partial charge on any atom is -0.395 e. The number of aliphatic hydroxyl groups is 1. The summed E-state index contributed by atoms with van der Waals surface area (Å²) in [6, 6.07) is 4.05. The fourth-order valence-corrected chi connectivity index (χ4v) is 2.73. The van der Waals surface area contributed by atoms with Crippen LogP contribution in [0.5, 0.6) is 0 Å². The van der Waals surface area contributed by atoms with Gasteiger partial charge < -0.3 is 5.11 Å². The molecule has 2 rings (SSSR count). The Morgan fingerprint density at radius 2 is 1.72 bits per heavy atom. The molecule has 4 heteroatoms. The van der Waals surface area contributed by atoms with Gasteiger partial charge in [-0.05, 0) is 30.5 Å². The third-order valence-electron chi connectivity index (χ3n) is 3.54. The highest BCUT2D eigenvalue weighted by molar-refractivity contribution is 5.18. The summed E-state index contributed by atoms with van der Waals surface area (Å²) in [5.41, 5.74) is 0.632. The summed E-state index contributed by atoms with van der Waals surface area (Å²) in [6.45, 7) is 1.14. The summed E-state index contributed by atoms with van der Waals surface area (Å²) >= 11 is 0. The predicted octanol–water partition coefficient (Wildman–Crippen LogP) is 2.70. The average molecular weight is 255 g/mol. The molecule has 1 aliphatic rings. The lowest BCUT2D eigenvalue weighted by molar-refractivity contribution is 0.144. The van der Waals surface area contributed by atoms with E-state index in [1.807, 2.05) is 0 Å². The molecule has 1 aromatic rings. The molecular weight excluding hydrogens is 236 g/mol. The Morgan fingerprint density at radius 3 is 2.28 bits per heavy atom. The molecule has 0 amide bonds. The van der Waals surface area contributed by atoms with E-state index in [0.717, 1.165) is 18.9 Å². The third-order valence-corrected chi connectivity index (χ3v) is 3.54. The van der Waals surface area contributed by atoms with Gasteiger partial charge in [-0.15, -0.1) is 0 Å². The van der Waals surface area contributed by atoms with Gasteiger partial charge in [-0.1, -0.05) is 12.8 Å². The summed E-state index contributed by atoms with van der Waals surface area (Å²) in [5, 5.41) is 9.09. The van der Waals surface area contributed by atoms with E-state index in [-0.39, 0.29) is 6.61 Å². The lowest BCUT2D eigenvalue weighted by Gasteiger charge is -2.28. The summed E-state index contributed by atoms with van der Waals surface area (Å²) < 4.78 is 26.3. The van der Waals surface area contributed by atoms with E-state index < -0.39 is 11.6 Å². The number of halogens is 2. The summed E-state index contributed by atoms with van der Waals surface area (Å²) in [6.07, 6.45) is 4.61. The molecule has 0 unspecified atom stereocenters. The van der Waals surface area contributed by atoms with Crippen LogP contribution in [0.25, 0.3) is 0 Å². The van der Waals surface area contributed by atoms with Crippen molar-refractivity contribution in [3.63, 3.8) is 0 Å². The van der Waals surface area contributed by atoms with Crippen molar-refractivity contribution in [3.8, 4) is 0 Å². The predicted molar refractivity (Wildman–Crippen MR) is 66.1 cm³/mol. The lowest BCUT2D eigenvalue weighted by Crippen LogP contribution is -2.35. The van der Waals surface area contributed by atoms with Gasteiger partial charge in [0.1, 0.15) is 11.6 Å². The van der Waals surface area contributed by atoms with E-state index in [1.165, 1.54) is 25.0 Å². The maximum atomic E-state index is 13.1. The van der Waals surface area contributed by atoms with Crippen molar-refractivity contribution in [2.24, 2.45) is 0 Å². The highest BCUT2D eigenvalue weighted by Crippen LogP contribution is 2.25. The lowest BCUT2D eigenvalue weighted by atomic mass is 10.1. The topological polar surface area (TPSA) is 23.5 Å². The Morgan fingerprint density at radius 1 is 1.11 bits per heavy atom. The van der Waals surface area contributed by atoms with Gasteiger partial charge in [-0.2, -0.15) is 0 Å². The quantitative estimate of drug-likeness (QED) is 0.874. The second-order valence-electron chi connectivity index (χ2n) is 4.91. The van der Waals surface area contributed by atoms with Crippen LogP contribution in [-0.4, -0.2) is 29.2 Å². The van der Waals surface area contributed by atoms with Gasteiger partial charge in [-0.3, -0.25) is 4.90 Å². The zero-order chi connectivity index (χ0) is 13.0. The van der Waals surface area contributed by atoms with Crippen LogP contribution in [0.2, 0.25) is 0 Å². The van der Waals surface area contributed by atoms with E-state index in [0.29, 0.717) is 24.7 Å². The zero-order valence-corrected chi connectivity index (χ0v) is 10.4. The molecule has 100 valence electrons. The Hall–Kier alpha value is -1.00. The molecule has 0 aromatic heterocycles. The molecule has 1 aromatic carbocycles. The summed E-state index contributed by atoms with van der Waals surface area (Å²) in [4.78, 5) is 2.13. The standard InChI is InChI=1S/C14H19F2NO/c15-12-7-11(8-13(16)9-12)10-17(5-6-18)14-3-1-2-4-14/h7-9,14,18H,1-6,10H2. The molecule has 0 bridgehead atoms. The smallest absolute Gasteiger partial charge is 0.126 e. The first kappa shape index (κ1) is 13.4. The number of hydrogen-bond acceptors (Lipinski definition) is 2. The Kier molecular flexibility index (Phi) is 4.66. The molecule has 0 spiro atoms. The maximum Gasteiger partial charge on any atom is 0.126 e. The number of aliphatic hydroxyl groups excluding tert-OH is 1. The van der Waals surface area contributed by atoms with Crippen LogP contribution >= 0.6 is 0 Å². The molecule has 1 fully saturated rings. The molecule has 1 aliphatic carbocycles. The van der Waals surface area contributed by atoms with Crippen LogP contribution in [0.15, 0.2) is 18.2 Å². The van der Waals surface area contributed by atoms with Crippen molar-refractivity contribution in [3.05, 3.63) is 35.4 Å². The highest BCUT2D eigenvalue weighted by Gasteiger charge is 2.22. The average Bonchev–Trinajstić information content (AvgIpc) is 2.80. The van der Waals surface area contributed by atoms with Crippen molar-refractivity contribution in [2.75, 3.05) is 13.2 Å². The molecule has 0 aliphatic heterocycles. The van der Waals surface area contributed by atoms with Gasteiger partial charge in [0, 0.05) is 25.2 Å². The van der Waals surface area contributed by atoms with Crippen LogP contribution in [-0.2, 0) is 6.54 Å². The second-order valence-corrected chi connectivity index (χ2v) is 4.91. The number of rotatable bonds is 5. The van der Waals surface area contributed by atoms with Gasteiger partial charge in [0.05, 0.1) is 6.61 Å². The summed E-state index contributed by atoms with van der Waals surface area (Å²) in [5.74, 6) is -1.08. The van der Waals surface area contributed by atoms with Crippen LogP contribution in [0, 0.1) is 11.6 Å². The fraction of sp³-hybridized carbons (Fsp3) is 0.571. The van der Waals surface area contributed by atoms with Crippen molar-refractivity contribution in [1.29, 1.82) is 0 Å². The van der Waals surface area contributed by atoms with Crippen molar-refractivity contribution < 1.29 is 13.9 Å². The van der Waals surface area contributed by atoms with Gasteiger partial charge in [0.15, 0.2) is 0 Å². The fourth-order valence-electron chi connectivity index (χ4n) is 2.73. The molecular formula is C14H19F2NO. The van der Waals surface area contributed by atoms with Crippen LogP contribution in [0.3, 0.4) is 0 Å². The SMILES string of the molecule is OCCN(Cc1cc(F)cc(F)c1)C1CCCC1. The normalized spacial score (nSPS) is 16.7. The minimum absolute atomic E-state index is 0.0777. The molecule has 18 heavy (non-hydrogen) atoms. The number of hydrogen-bond donors (Lipinski definition) is 1. The van der Waals surface area contributed by atoms with Crippen molar-refractivity contribution in [2.45, 2.75) is 38.3 Å². The minimum atomic E-state index is -0.541. The van der Waals surface area contributed by atoms with E-state index in [9.17, 15) is 8.78 Å². The van der Waals surface area contributed by atoms with Crippen LogP contribution in [0.1, 0.15) is 31.2 Å². The molecule has 0 saturated heterocycles. The van der Waals surface area contributed by atoms with Crippen molar-refractivity contribution in [1.82, 2.24) is 4.90 Å².